The van der Waals surface area contributed by atoms with Crippen LogP contribution in [0.5, 0.6) is 0 Å². The first-order valence-corrected chi connectivity index (χ1v) is 6.05. The van der Waals surface area contributed by atoms with Crippen LogP contribution in [0, 0.1) is 17.8 Å². The van der Waals surface area contributed by atoms with E-state index >= 15 is 0 Å². The van der Waals surface area contributed by atoms with Gasteiger partial charge in [-0.3, -0.25) is 0 Å². The summed E-state index contributed by atoms with van der Waals surface area (Å²) in [5.74, 6) is 2.77. The smallest absolute Gasteiger partial charge is 0.0679 e. The molecule has 0 radical (unpaired) electrons. The Morgan fingerprint density at radius 3 is 2.57 bits per heavy atom. The highest BCUT2D eigenvalue weighted by Crippen LogP contribution is 2.39. The molecular weight excluding hydrogens is 174 g/mol. The molecule has 0 unspecified atom stereocenters. The average Bonchev–Trinajstić information content (AvgIpc) is 2.42. The van der Waals surface area contributed by atoms with Crippen LogP contribution in [-0.4, -0.2) is 35.7 Å². The molecule has 0 bridgehead atoms. The van der Waals surface area contributed by atoms with E-state index in [1.54, 1.807) is 0 Å². The van der Waals surface area contributed by atoms with Crippen LogP contribution in [-0.2, 0) is 0 Å². The molecule has 1 aliphatic carbocycles. The molecule has 1 N–H and O–H groups in total. The lowest BCUT2D eigenvalue weighted by molar-refractivity contribution is 0.0966. The van der Waals surface area contributed by atoms with Gasteiger partial charge in [0.15, 0.2) is 0 Å². The van der Waals surface area contributed by atoms with Gasteiger partial charge in [-0.1, -0.05) is 13.8 Å². The lowest BCUT2D eigenvalue weighted by atomic mass is 9.69. The topological polar surface area (TPSA) is 23.5 Å². The van der Waals surface area contributed by atoms with Gasteiger partial charge in [0, 0.05) is 19.6 Å². The molecule has 1 atom stereocenters. The minimum Gasteiger partial charge on any atom is -0.392 e. The molecule has 82 valence electrons. The summed E-state index contributed by atoms with van der Waals surface area (Å²) < 4.78 is 0. The van der Waals surface area contributed by atoms with Gasteiger partial charge in [-0.25, -0.2) is 0 Å². The van der Waals surface area contributed by atoms with Gasteiger partial charge < -0.3 is 10.0 Å². The number of aliphatic hydroxyl groups excluding tert-OH is 1. The molecule has 2 heteroatoms. The van der Waals surface area contributed by atoms with Crippen molar-refractivity contribution >= 4 is 0 Å². The Balaban J connectivity index is 1.64. The molecule has 2 fully saturated rings. The summed E-state index contributed by atoms with van der Waals surface area (Å²) in [5, 5.41) is 9.40. The van der Waals surface area contributed by atoms with Crippen LogP contribution in [0.3, 0.4) is 0 Å². The van der Waals surface area contributed by atoms with Crippen LogP contribution in [0.2, 0.25) is 0 Å². The number of aliphatic hydroxyl groups is 1. The van der Waals surface area contributed by atoms with Crippen LogP contribution >= 0.6 is 0 Å². The molecule has 14 heavy (non-hydrogen) atoms. The Kier molecular flexibility index (Phi) is 3.13. The summed E-state index contributed by atoms with van der Waals surface area (Å²) in [6, 6.07) is 0. The lowest BCUT2D eigenvalue weighted by Crippen LogP contribution is -2.37. The quantitative estimate of drug-likeness (QED) is 0.745. The van der Waals surface area contributed by atoms with E-state index in [1.165, 1.54) is 19.4 Å². The fourth-order valence-corrected chi connectivity index (χ4v) is 2.82. The molecule has 0 aromatic carbocycles. The molecule has 1 saturated carbocycles. The summed E-state index contributed by atoms with van der Waals surface area (Å²) in [6.45, 7) is 7.94. The fraction of sp³-hybridized carbons (Fsp3) is 1.00. The van der Waals surface area contributed by atoms with Crippen molar-refractivity contribution in [3.05, 3.63) is 0 Å². The van der Waals surface area contributed by atoms with Crippen LogP contribution < -0.4 is 0 Å². The van der Waals surface area contributed by atoms with Crippen molar-refractivity contribution < 1.29 is 5.11 Å². The zero-order chi connectivity index (χ0) is 10.1. The largest absolute Gasteiger partial charge is 0.392 e. The normalized spacial score (nSPS) is 39.0. The van der Waals surface area contributed by atoms with E-state index in [-0.39, 0.29) is 6.10 Å². The molecule has 0 aromatic rings. The molecule has 1 saturated heterocycles. The Morgan fingerprint density at radius 1 is 1.36 bits per heavy atom. The summed E-state index contributed by atoms with van der Waals surface area (Å²) in [4.78, 5) is 2.44. The minimum absolute atomic E-state index is 0.0454. The maximum Gasteiger partial charge on any atom is 0.0679 e. The van der Waals surface area contributed by atoms with Crippen molar-refractivity contribution in [3.63, 3.8) is 0 Å². The molecule has 0 spiro atoms. The monoisotopic (exact) mass is 197 g/mol. The van der Waals surface area contributed by atoms with Gasteiger partial charge in [-0.15, -0.1) is 0 Å². The molecular formula is C12H23NO. The number of β-amino-alcohol motifs (C(OH)–C–C–N with tert-alkyl or cyclic N) is 1. The second kappa shape index (κ2) is 4.19. The summed E-state index contributed by atoms with van der Waals surface area (Å²) >= 11 is 0. The van der Waals surface area contributed by atoms with E-state index in [4.69, 9.17) is 0 Å². The first-order chi connectivity index (χ1) is 6.65. The van der Waals surface area contributed by atoms with Gasteiger partial charge in [0.05, 0.1) is 6.10 Å². The zero-order valence-corrected chi connectivity index (χ0v) is 9.45. The van der Waals surface area contributed by atoms with E-state index < -0.39 is 0 Å². The van der Waals surface area contributed by atoms with Crippen LogP contribution in [0.1, 0.15) is 33.1 Å². The van der Waals surface area contributed by atoms with E-state index in [0.717, 1.165) is 37.3 Å². The van der Waals surface area contributed by atoms with Gasteiger partial charge in [0.1, 0.15) is 0 Å². The highest BCUT2D eigenvalue weighted by atomic mass is 16.3. The fourth-order valence-electron chi connectivity index (χ4n) is 2.82. The summed E-state index contributed by atoms with van der Waals surface area (Å²) in [6.07, 6.45) is 3.78. The first kappa shape index (κ1) is 10.4. The van der Waals surface area contributed by atoms with E-state index in [1.807, 2.05) is 0 Å². The highest BCUT2D eigenvalue weighted by molar-refractivity contribution is 4.85. The number of likely N-dealkylation sites (tertiary alicyclic amines) is 1. The van der Waals surface area contributed by atoms with E-state index in [2.05, 4.69) is 18.7 Å². The number of hydrogen-bond acceptors (Lipinski definition) is 2. The van der Waals surface area contributed by atoms with Crippen molar-refractivity contribution in [1.82, 2.24) is 4.90 Å². The molecule has 0 amide bonds. The third-order valence-corrected chi connectivity index (χ3v) is 3.98. The maximum absolute atomic E-state index is 9.40. The van der Waals surface area contributed by atoms with Crippen molar-refractivity contribution in [2.45, 2.75) is 39.2 Å². The molecule has 1 aliphatic heterocycles. The van der Waals surface area contributed by atoms with Gasteiger partial charge in [-0.2, -0.15) is 0 Å². The standard InChI is InChI=1S/C12H23NO/c1-9(2)11-5-10(6-11)7-13-4-3-12(14)8-13/h9-12,14H,3-8H2,1-2H3/t10-,11+,12-/m1/s1. The van der Waals surface area contributed by atoms with Crippen molar-refractivity contribution in [1.29, 1.82) is 0 Å². The lowest BCUT2D eigenvalue weighted by Gasteiger charge is -2.40. The Bertz CT molecular complexity index is 187. The number of nitrogens with zero attached hydrogens (tertiary/aromatic N) is 1. The van der Waals surface area contributed by atoms with Crippen LogP contribution in [0.4, 0.5) is 0 Å². The Hall–Kier alpha value is -0.0800. The average molecular weight is 197 g/mol. The molecule has 0 aromatic heterocycles. The second-order valence-corrected chi connectivity index (χ2v) is 5.54. The van der Waals surface area contributed by atoms with Crippen LogP contribution in [0.15, 0.2) is 0 Å². The third-order valence-electron chi connectivity index (χ3n) is 3.98. The summed E-state index contributed by atoms with van der Waals surface area (Å²) in [5.41, 5.74) is 0. The van der Waals surface area contributed by atoms with E-state index in [9.17, 15) is 5.11 Å². The van der Waals surface area contributed by atoms with Crippen molar-refractivity contribution in [2.75, 3.05) is 19.6 Å². The second-order valence-electron chi connectivity index (χ2n) is 5.54. The Labute approximate surface area is 87.3 Å². The predicted molar refractivity (Wildman–Crippen MR) is 58.1 cm³/mol. The van der Waals surface area contributed by atoms with Crippen LogP contribution in [0.25, 0.3) is 0 Å². The number of rotatable bonds is 3. The maximum atomic E-state index is 9.40. The van der Waals surface area contributed by atoms with Gasteiger partial charge in [-0.05, 0) is 37.0 Å². The van der Waals surface area contributed by atoms with Gasteiger partial charge in [0.2, 0.25) is 0 Å². The highest BCUT2D eigenvalue weighted by Gasteiger charge is 2.33. The Morgan fingerprint density at radius 2 is 2.07 bits per heavy atom. The summed E-state index contributed by atoms with van der Waals surface area (Å²) in [7, 11) is 0. The van der Waals surface area contributed by atoms with Gasteiger partial charge in [0.25, 0.3) is 0 Å². The van der Waals surface area contributed by atoms with Gasteiger partial charge >= 0.3 is 0 Å². The zero-order valence-electron chi connectivity index (χ0n) is 9.45. The molecule has 2 nitrogen and oxygen atoms in total. The van der Waals surface area contributed by atoms with Crippen molar-refractivity contribution in [2.24, 2.45) is 17.8 Å². The molecule has 2 rings (SSSR count). The van der Waals surface area contributed by atoms with E-state index in [0.29, 0.717) is 0 Å². The molecule has 1 heterocycles. The minimum atomic E-state index is -0.0454. The SMILES string of the molecule is CC(C)[C@H]1C[C@@H](CN2CC[C@@H](O)C2)C1. The predicted octanol–water partition coefficient (Wildman–Crippen LogP) is 1.74. The first-order valence-electron chi connectivity index (χ1n) is 6.05. The molecule has 2 aliphatic rings. The third kappa shape index (κ3) is 2.29. The van der Waals surface area contributed by atoms with Crippen molar-refractivity contribution in [3.8, 4) is 0 Å². The number of hydrogen-bond donors (Lipinski definition) is 1.